The van der Waals surface area contributed by atoms with Gasteiger partial charge in [-0.3, -0.25) is 4.79 Å². The predicted octanol–water partition coefficient (Wildman–Crippen LogP) is 0.396. The Bertz CT molecular complexity index is 171. The fourth-order valence-corrected chi connectivity index (χ4v) is 0.845. The Labute approximate surface area is 65.3 Å². The first kappa shape index (κ1) is 9.46. The average Bonchev–Trinajstić information content (AvgIpc) is 2.44. The molecule has 0 heterocycles. The van der Waals surface area contributed by atoms with Gasteiger partial charge < -0.3 is 10.8 Å². The van der Waals surface area contributed by atoms with E-state index in [0.717, 1.165) is 0 Å². The Balaban J connectivity index is 0.000000810. The first-order valence-electron chi connectivity index (χ1n) is 2.76. The smallest absolute Gasteiger partial charge is 0.324 e. The number of hydrogen-bond acceptors (Lipinski definition) is 2. The van der Waals surface area contributed by atoms with E-state index in [0.29, 0.717) is 6.42 Å². The molecule has 0 spiro atoms. The van der Waals surface area contributed by atoms with Crippen molar-refractivity contribution in [2.24, 2.45) is 11.7 Å². The number of nitrogens with two attached hydrogens (primary N) is 1. The lowest BCUT2D eigenvalue weighted by Crippen LogP contribution is -2.34. The molecular weight excluding hydrogens is 154 g/mol. The highest BCUT2D eigenvalue weighted by molar-refractivity contribution is 5.85. The van der Waals surface area contributed by atoms with Crippen molar-refractivity contribution >= 4 is 18.4 Å². The topological polar surface area (TPSA) is 63.3 Å². The Morgan fingerprint density at radius 2 is 2.40 bits per heavy atom. The van der Waals surface area contributed by atoms with E-state index in [1.54, 1.807) is 6.08 Å². The quantitative estimate of drug-likeness (QED) is 0.580. The summed E-state index contributed by atoms with van der Waals surface area (Å²) < 4.78 is 0. The van der Waals surface area contributed by atoms with Gasteiger partial charge in [0.05, 0.1) is 0 Å². The third-order valence-electron chi connectivity index (χ3n) is 1.74. The summed E-state index contributed by atoms with van der Waals surface area (Å²) in [5.41, 5.74) is 4.39. The summed E-state index contributed by atoms with van der Waals surface area (Å²) in [4.78, 5) is 10.3. The molecule has 0 amide bonds. The molecule has 0 aliphatic heterocycles. The molecule has 1 aliphatic rings. The van der Waals surface area contributed by atoms with Gasteiger partial charge in [-0.2, -0.15) is 0 Å². The minimum atomic E-state index is -0.984. The lowest BCUT2D eigenvalue weighted by atomic mass is 10.2. The molecule has 0 radical (unpaired) electrons. The molecular formula is C6H10ClNO2. The number of halogens is 1. The maximum absolute atomic E-state index is 10.3. The first-order valence-corrected chi connectivity index (χ1v) is 2.76. The van der Waals surface area contributed by atoms with E-state index in [1.807, 2.05) is 0 Å². The van der Waals surface area contributed by atoms with Crippen LogP contribution in [0.5, 0.6) is 0 Å². The molecule has 1 fully saturated rings. The van der Waals surface area contributed by atoms with Gasteiger partial charge in [0.15, 0.2) is 0 Å². The van der Waals surface area contributed by atoms with Crippen molar-refractivity contribution in [1.82, 2.24) is 0 Å². The highest BCUT2D eigenvalue weighted by Crippen LogP contribution is 2.41. The van der Waals surface area contributed by atoms with Crippen LogP contribution in [0.25, 0.3) is 0 Å². The summed E-state index contributed by atoms with van der Waals surface area (Å²) in [5.74, 6) is -0.942. The van der Waals surface area contributed by atoms with Crippen molar-refractivity contribution in [3.8, 4) is 0 Å². The molecule has 10 heavy (non-hydrogen) atoms. The van der Waals surface area contributed by atoms with Crippen LogP contribution in [0, 0.1) is 5.92 Å². The molecule has 2 atom stereocenters. The molecule has 0 bridgehead atoms. The zero-order valence-corrected chi connectivity index (χ0v) is 6.23. The first-order chi connectivity index (χ1) is 4.11. The Kier molecular flexibility index (Phi) is 2.46. The van der Waals surface area contributed by atoms with Gasteiger partial charge in [-0.25, -0.2) is 0 Å². The number of carboxylic acid groups (broad SMARTS) is 1. The van der Waals surface area contributed by atoms with E-state index in [2.05, 4.69) is 6.58 Å². The summed E-state index contributed by atoms with van der Waals surface area (Å²) in [6.07, 6.45) is 2.12. The molecule has 0 aromatic carbocycles. The SMILES string of the molecule is C=C[C@H]1C[C@]1(N)C(=O)O.Cl. The molecule has 1 aliphatic carbocycles. The Morgan fingerprint density at radius 3 is 2.50 bits per heavy atom. The van der Waals surface area contributed by atoms with Crippen LogP contribution in [-0.2, 0) is 4.79 Å². The lowest BCUT2D eigenvalue weighted by Gasteiger charge is -1.99. The van der Waals surface area contributed by atoms with Gasteiger partial charge in [0.1, 0.15) is 5.54 Å². The minimum absolute atomic E-state index is 0. The van der Waals surface area contributed by atoms with E-state index >= 15 is 0 Å². The molecule has 0 aromatic rings. The van der Waals surface area contributed by atoms with Gasteiger partial charge >= 0.3 is 5.97 Å². The van der Waals surface area contributed by atoms with Gasteiger partial charge in [0, 0.05) is 5.92 Å². The number of rotatable bonds is 2. The summed E-state index contributed by atoms with van der Waals surface area (Å²) in [6, 6.07) is 0. The second-order valence-electron chi connectivity index (χ2n) is 2.39. The Morgan fingerprint density at radius 1 is 1.90 bits per heavy atom. The van der Waals surface area contributed by atoms with Crippen molar-refractivity contribution in [3.63, 3.8) is 0 Å². The van der Waals surface area contributed by atoms with Crippen LogP contribution in [0.2, 0.25) is 0 Å². The largest absolute Gasteiger partial charge is 0.480 e. The molecule has 1 rings (SSSR count). The van der Waals surface area contributed by atoms with Crippen LogP contribution >= 0.6 is 12.4 Å². The van der Waals surface area contributed by atoms with Crippen LogP contribution in [-0.4, -0.2) is 16.6 Å². The van der Waals surface area contributed by atoms with Gasteiger partial charge in [-0.1, -0.05) is 6.08 Å². The van der Waals surface area contributed by atoms with E-state index in [1.165, 1.54) is 0 Å². The van der Waals surface area contributed by atoms with Crippen LogP contribution in [0.3, 0.4) is 0 Å². The number of carboxylic acids is 1. The van der Waals surface area contributed by atoms with Crippen LogP contribution < -0.4 is 5.73 Å². The van der Waals surface area contributed by atoms with Gasteiger partial charge in [0.2, 0.25) is 0 Å². The fourth-order valence-electron chi connectivity index (χ4n) is 0.845. The normalized spacial score (nSPS) is 35.9. The van der Waals surface area contributed by atoms with Gasteiger partial charge in [-0.05, 0) is 6.42 Å². The number of aliphatic carboxylic acids is 1. The van der Waals surface area contributed by atoms with Crippen LogP contribution in [0.1, 0.15) is 6.42 Å². The van der Waals surface area contributed by atoms with E-state index in [9.17, 15) is 4.79 Å². The molecule has 58 valence electrons. The molecule has 4 heteroatoms. The van der Waals surface area contributed by atoms with Crippen molar-refractivity contribution in [2.75, 3.05) is 0 Å². The van der Waals surface area contributed by atoms with Gasteiger partial charge in [0.25, 0.3) is 0 Å². The molecule has 3 N–H and O–H groups in total. The second kappa shape index (κ2) is 2.60. The summed E-state index contributed by atoms with van der Waals surface area (Å²) in [6.45, 7) is 3.46. The van der Waals surface area contributed by atoms with Crippen molar-refractivity contribution in [3.05, 3.63) is 12.7 Å². The van der Waals surface area contributed by atoms with Crippen molar-refractivity contribution in [1.29, 1.82) is 0 Å². The molecule has 1 saturated carbocycles. The van der Waals surface area contributed by atoms with E-state index in [4.69, 9.17) is 10.8 Å². The number of carbonyl (C=O) groups is 1. The highest BCUT2D eigenvalue weighted by atomic mass is 35.5. The third kappa shape index (κ3) is 1.15. The molecule has 3 nitrogen and oxygen atoms in total. The standard InChI is InChI=1S/C6H9NO2.ClH/c1-2-4-3-6(4,7)5(8)9;/h2,4H,1,3,7H2,(H,8,9);1H/t4-,6+;/m0./s1. The fraction of sp³-hybridized carbons (Fsp3) is 0.500. The molecule has 0 unspecified atom stereocenters. The average molecular weight is 164 g/mol. The predicted molar refractivity (Wildman–Crippen MR) is 40.1 cm³/mol. The minimum Gasteiger partial charge on any atom is -0.480 e. The maximum Gasteiger partial charge on any atom is 0.324 e. The van der Waals surface area contributed by atoms with Crippen molar-refractivity contribution < 1.29 is 9.90 Å². The highest BCUT2D eigenvalue weighted by Gasteiger charge is 2.55. The monoisotopic (exact) mass is 163 g/mol. The zero-order valence-electron chi connectivity index (χ0n) is 5.41. The second-order valence-corrected chi connectivity index (χ2v) is 2.39. The zero-order chi connectivity index (χ0) is 7.07. The van der Waals surface area contributed by atoms with Gasteiger partial charge in [-0.15, -0.1) is 19.0 Å². The van der Waals surface area contributed by atoms with Crippen molar-refractivity contribution in [2.45, 2.75) is 12.0 Å². The van der Waals surface area contributed by atoms with Crippen LogP contribution in [0.15, 0.2) is 12.7 Å². The summed E-state index contributed by atoms with van der Waals surface area (Å²) in [5, 5.41) is 8.44. The van der Waals surface area contributed by atoms with E-state index in [-0.39, 0.29) is 18.3 Å². The maximum atomic E-state index is 10.3. The molecule has 0 aromatic heterocycles. The van der Waals surface area contributed by atoms with Crippen LogP contribution in [0.4, 0.5) is 0 Å². The third-order valence-corrected chi connectivity index (χ3v) is 1.74. The molecule has 0 saturated heterocycles. The Hall–Kier alpha value is -0.540. The van der Waals surface area contributed by atoms with E-state index < -0.39 is 11.5 Å². The summed E-state index contributed by atoms with van der Waals surface area (Å²) >= 11 is 0. The lowest BCUT2D eigenvalue weighted by molar-refractivity contribution is -0.139. The summed E-state index contributed by atoms with van der Waals surface area (Å²) in [7, 11) is 0. The number of hydrogen-bond donors (Lipinski definition) is 2.